The monoisotopic (exact) mass is 243 g/mol. The van der Waals surface area contributed by atoms with Gasteiger partial charge in [-0.05, 0) is 36.6 Å². The fraction of sp³-hybridized carbons (Fsp3) is 0.333. The second kappa shape index (κ2) is 4.86. The summed E-state index contributed by atoms with van der Waals surface area (Å²) in [6.07, 6.45) is 4.33. The third kappa shape index (κ3) is 2.41. The molecule has 0 amide bonds. The lowest BCUT2D eigenvalue weighted by Crippen LogP contribution is -2.15. The van der Waals surface area contributed by atoms with E-state index in [1.807, 2.05) is 18.2 Å². The first-order valence-corrected chi connectivity index (χ1v) is 6.31. The molecular weight excluding hydrogens is 226 g/mol. The van der Waals surface area contributed by atoms with Crippen molar-refractivity contribution in [1.82, 2.24) is 5.32 Å². The predicted octanol–water partition coefficient (Wildman–Crippen LogP) is 3.21. The van der Waals surface area contributed by atoms with E-state index >= 15 is 0 Å². The van der Waals surface area contributed by atoms with E-state index in [2.05, 4.69) is 17.4 Å². The van der Waals surface area contributed by atoms with Gasteiger partial charge in [0.05, 0.1) is 19.9 Å². The minimum absolute atomic E-state index is 0.693. The molecule has 3 rings (SSSR count). The van der Waals surface area contributed by atoms with Crippen LogP contribution in [0.15, 0.2) is 41.0 Å². The van der Waals surface area contributed by atoms with E-state index in [4.69, 9.17) is 9.15 Å². The van der Waals surface area contributed by atoms with E-state index in [1.165, 1.54) is 12.8 Å². The molecule has 0 saturated heterocycles. The van der Waals surface area contributed by atoms with Gasteiger partial charge in [0.15, 0.2) is 0 Å². The molecule has 1 aliphatic rings. The summed E-state index contributed by atoms with van der Waals surface area (Å²) in [4.78, 5) is 0. The number of hydrogen-bond donors (Lipinski definition) is 1. The Morgan fingerprint density at radius 1 is 1.22 bits per heavy atom. The maximum atomic E-state index is 5.56. The smallest absolute Gasteiger partial charge is 0.125 e. The van der Waals surface area contributed by atoms with Gasteiger partial charge in [0.1, 0.15) is 11.5 Å². The first-order valence-electron chi connectivity index (χ1n) is 6.31. The third-order valence-electron chi connectivity index (χ3n) is 3.28. The molecule has 0 aliphatic heterocycles. The van der Waals surface area contributed by atoms with Gasteiger partial charge >= 0.3 is 0 Å². The number of benzene rings is 1. The van der Waals surface area contributed by atoms with E-state index in [9.17, 15) is 0 Å². The van der Waals surface area contributed by atoms with Crippen LogP contribution in [-0.2, 0) is 6.54 Å². The van der Waals surface area contributed by atoms with Crippen LogP contribution in [0.4, 0.5) is 0 Å². The molecule has 1 aliphatic carbocycles. The second-order valence-corrected chi connectivity index (χ2v) is 4.64. The first kappa shape index (κ1) is 11.4. The molecule has 2 aromatic rings. The van der Waals surface area contributed by atoms with Crippen LogP contribution >= 0.6 is 0 Å². The van der Waals surface area contributed by atoms with Gasteiger partial charge in [-0.25, -0.2) is 0 Å². The lowest BCUT2D eigenvalue weighted by atomic mass is 10.1. The molecule has 1 saturated carbocycles. The number of nitrogens with one attached hydrogen (secondary N) is 1. The SMILES string of the molecule is COc1ccc(-c2ccoc2CNC2CC2)cc1. The van der Waals surface area contributed by atoms with Crippen molar-refractivity contribution in [1.29, 1.82) is 0 Å². The zero-order valence-electron chi connectivity index (χ0n) is 10.5. The zero-order valence-corrected chi connectivity index (χ0v) is 10.5. The van der Waals surface area contributed by atoms with Crippen molar-refractivity contribution in [2.45, 2.75) is 25.4 Å². The van der Waals surface area contributed by atoms with Crippen molar-refractivity contribution in [3.05, 3.63) is 42.4 Å². The molecule has 1 aromatic carbocycles. The molecule has 1 aromatic heterocycles. The van der Waals surface area contributed by atoms with Gasteiger partial charge in [-0.15, -0.1) is 0 Å². The average molecular weight is 243 g/mol. The quantitative estimate of drug-likeness (QED) is 0.875. The van der Waals surface area contributed by atoms with E-state index in [0.29, 0.717) is 6.04 Å². The number of hydrogen-bond acceptors (Lipinski definition) is 3. The largest absolute Gasteiger partial charge is 0.497 e. The van der Waals surface area contributed by atoms with Crippen molar-refractivity contribution < 1.29 is 9.15 Å². The molecule has 3 heteroatoms. The van der Waals surface area contributed by atoms with Crippen LogP contribution in [0, 0.1) is 0 Å². The number of ether oxygens (including phenoxy) is 1. The molecule has 1 heterocycles. The maximum Gasteiger partial charge on any atom is 0.125 e. The van der Waals surface area contributed by atoms with Crippen molar-refractivity contribution >= 4 is 0 Å². The Labute approximate surface area is 107 Å². The number of furan rings is 1. The molecular formula is C15H17NO2. The van der Waals surface area contributed by atoms with Crippen molar-refractivity contribution in [2.24, 2.45) is 0 Å². The molecule has 0 bridgehead atoms. The van der Waals surface area contributed by atoms with Crippen molar-refractivity contribution in [3.8, 4) is 16.9 Å². The van der Waals surface area contributed by atoms with E-state index in [0.717, 1.165) is 29.2 Å². The Hall–Kier alpha value is -1.74. The molecule has 0 radical (unpaired) electrons. The fourth-order valence-corrected chi connectivity index (χ4v) is 2.03. The van der Waals surface area contributed by atoms with Crippen molar-refractivity contribution in [3.63, 3.8) is 0 Å². The van der Waals surface area contributed by atoms with Gasteiger partial charge in [-0.3, -0.25) is 0 Å². The summed E-state index contributed by atoms with van der Waals surface area (Å²) in [6.45, 7) is 0.805. The lowest BCUT2D eigenvalue weighted by molar-refractivity contribution is 0.415. The summed E-state index contributed by atoms with van der Waals surface area (Å²) >= 11 is 0. The standard InChI is InChI=1S/C15H17NO2/c1-17-13-6-2-11(3-7-13)14-8-9-18-15(14)10-16-12-4-5-12/h2-3,6-9,12,16H,4-5,10H2,1H3. The van der Waals surface area contributed by atoms with Gasteiger partial charge in [0, 0.05) is 11.6 Å². The van der Waals surface area contributed by atoms with Gasteiger partial charge in [-0.2, -0.15) is 0 Å². The zero-order chi connectivity index (χ0) is 12.4. The summed E-state index contributed by atoms with van der Waals surface area (Å²) in [5, 5.41) is 3.47. The molecule has 1 fully saturated rings. The van der Waals surface area contributed by atoms with E-state index in [1.54, 1.807) is 13.4 Å². The minimum Gasteiger partial charge on any atom is -0.497 e. The Morgan fingerprint density at radius 3 is 2.67 bits per heavy atom. The van der Waals surface area contributed by atoms with Crippen LogP contribution in [0.2, 0.25) is 0 Å². The van der Waals surface area contributed by atoms with Crippen molar-refractivity contribution in [2.75, 3.05) is 7.11 Å². The highest BCUT2D eigenvalue weighted by molar-refractivity contribution is 5.66. The predicted molar refractivity (Wildman–Crippen MR) is 70.6 cm³/mol. The molecule has 94 valence electrons. The average Bonchev–Trinajstić information content (AvgIpc) is 3.14. The molecule has 1 N–H and O–H groups in total. The van der Waals surface area contributed by atoms with Crippen LogP contribution in [0.3, 0.4) is 0 Å². The number of rotatable bonds is 5. The van der Waals surface area contributed by atoms with E-state index < -0.39 is 0 Å². The summed E-state index contributed by atoms with van der Waals surface area (Å²) < 4.78 is 10.7. The highest BCUT2D eigenvalue weighted by Crippen LogP contribution is 2.27. The molecule has 3 nitrogen and oxygen atoms in total. The molecule has 0 spiro atoms. The maximum absolute atomic E-state index is 5.56. The van der Waals surface area contributed by atoms with Crippen LogP contribution in [0.25, 0.3) is 11.1 Å². The Bertz CT molecular complexity index is 512. The Kier molecular flexibility index (Phi) is 3.07. The van der Waals surface area contributed by atoms with Crippen LogP contribution < -0.4 is 10.1 Å². The van der Waals surface area contributed by atoms with Gasteiger partial charge in [0.2, 0.25) is 0 Å². The van der Waals surface area contributed by atoms with Crippen LogP contribution in [0.1, 0.15) is 18.6 Å². The number of methoxy groups -OCH3 is 1. The first-order chi connectivity index (χ1) is 8.86. The molecule has 18 heavy (non-hydrogen) atoms. The summed E-state index contributed by atoms with van der Waals surface area (Å²) in [5.74, 6) is 1.88. The Morgan fingerprint density at radius 2 is 2.00 bits per heavy atom. The normalized spacial score (nSPS) is 14.7. The third-order valence-corrected chi connectivity index (χ3v) is 3.28. The Balaban J connectivity index is 1.78. The van der Waals surface area contributed by atoms with Crippen LogP contribution in [-0.4, -0.2) is 13.2 Å². The second-order valence-electron chi connectivity index (χ2n) is 4.64. The molecule has 0 unspecified atom stereocenters. The fourth-order valence-electron chi connectivity index (χ4n) is 2.03. The molecule has 0 atom stereocenters. The minimum atomic E-state index is 0.693. The van der Waals surface area contributed by atoms with Gasteiger partial charge in [-0.1, -0.05) is 12.1 Å². The van der Waals surface area contributed by atoms with Gasteiger partial charge in [0.25, 0.3) is 0 Å². The summed E-state index contributed by atoms with van der Waals surface area (Å²) in [7, 11) is 1.68. The highest BCUT2D eigenvalue weighted by Gasteiger charge is 2.21. The topological polar surface area (TPSA) is 34.4 Å². The van der Waals surface area contributed by atoms with Gasteiger partial charge < -0.3 is 14.5 Å². The summed E-state index contributed by atoms with van der Waals surface area (Å²) in [5.41, 5.74) is 2.32. The highest BCUT2D eigenvalue weighted by atomic mass is 16.5. The van der Waals surface area contributed by atoms with Crippen LogP contribution in [0.5, 0.6) is 5.75 Å². The van der Waals surface area contributed by atoms with E-state index in [-0.39, 0.29) is 0 Å². The lowest BCUT2D eigenvalue weighted by Gasteiger charge is -2.05. The summed E-state index contributed by atoms with van der Waals surface area (Å²) in [6, 6.07) is 10.8.